The summed E-state index contributed by atoms with van der Waals surface area (Å²) in [6.07, 6.45) is 0.930. The van der Waals surface area contributed by atoms with Crippen molar-refractivity contribution in [1.82, 2.24) is 67.7 Å². The van der Waals surface area contributed by atoms with Gasteiger partial charge in [0.1, 0.15) is 0 Å². The Balaban J connectivity index is -0.0000000192. The van der Waals surface area contributed by atoms with Gasteiger partial charge in [-0.05, 0) is 17.9 Å². The van der Waals surface area contributed by atoms with Gasteiger partial charge in [-0.15, -0.1) is 0 Å². The topological polar surface area (TPSA) is 428 Å². The summed E-state index contributed by atoms with van der Waals surface area (Å²) in [5.74, 6) is 0.319. The molecule has 0 aromatic heterocycles. The number of hydrogen-bond acceptors (Lipinski definition) is 12. The second kappa shape index (κ2) is 28.4. The molecule has 2 atom stereocenters. The van der Waals surface area contributed by atoms with Crippen LogP contribution in [0.1, 0.15) is 17.9 Å². The van der Waals surface area contributed by atoms with Crippen molar-refractivity contribution in [1.29, 1.82) is 0 Å². The number of rotatable bonds is 2. The maximum atomic E-state index is 10.8. The van der Waals surface area contributed by atoms with Crippen LogP contribution in [-0.2, 0) is 4.79 Å². The molecule has 0 radical (unpaired) electrons. The fourth-order valence-electron chi connectivity index (χ4n) is 1.58. The molecule has 0 aliphatic heterocycles. The molecule has 1 aromatic rings. The van der Waals surface area contributed by atoms with Crippen LogP contribution in [0.25, 0.3) is 0 Å². The van der Waals surface area contributed by atoms with Gasteiger partial charge in [0.2, 0.25) is 5.91 Å². The molecular formula is C10H44N12O. The van der Waals surface area contributed by atoms with Gasteiger partial charge in [-0.25, -0.2) is 0 Å². The average molecular weight is 349 g/mol. The molecule has 0 heterocycles. The van der Waals surface area contributed by atoms with E-state index < -0.39 is 0 Å². The summed E-state index contributed by atoms with van der Waals surface area (Å²) >= 11 is 0. The van der Waals surface area contributed by atoms with Gasteiger partial charge >= 0.3 is 0 Å². The lowest BCUT2D eigenvalue weighted by atomic mass is 10.1. The monoisotopic (exact) mass is 348 g/mol. The van der Waals surface area contributed by atoms with Crippen LogP contribution in [0.4, 0.5) is 0 Å². The van der Waals surface area contributed by atoms with Crippen molar-refractivity contribution in [3.05, 3.63) is 35.9 Å². The van der Waals surface area contributed by atoms with Crippen molar-refractivity contribution in [2.45, 2.75) is 12.3 Å². The number of benzene rings is 1. The van der Waals surface area contributed by atoms with E-state index in [0.29, 0.717) is 5.92 Å². The third kappa shape index (κ3) is 16.4. The molecule has 0 spiro atoms. The molecule has 1 aliphatic rings. The minimum atomic E-state index is -0.163. The second-order valence-corrected chi connectivity index (χ2v) is 3.26. The normalized spacial score (nSPS) is 13.9. The maximum absolute atomic E-state index is 10.8. The lowest BCUT2D eigenvalue weighted by Gasteiger charge is -1.95. The number of nitrogens with two attached hydrogens (primary N) is 1. The molecule has 0 unspecified atom stereocenters. The first-order chi connectivity index (χ1) is 5.79. The molecule has 23 heavy (non-hydrogen) atoms. The number of carbonyl (C=O) groups is 1. The summed E-state index contributed by atoms with van der Waals surface area (Å²) < 4.78 is 0. The Labute approximate surface area is 139 Å². The lowest BCUT2D eigenvalue weighted by Crippen LogP contribution is -2.13. The zero-order chi connectivity index (χ0) is 8.55. The standard InChI is InChI=1S/C10H11NO.11H3N/c11-10(12)9-6-8(9)7-4-2-1-3-5-7;;;;;;;;;;;/h1-5,8-9H,6H2,(H2,11,12);11*1H3/t8-,9+;;;;;;;;;;;/m0.........../s1. The van der Waals surface area contributed by atoms with Crippen LogP contribution in [0.3, 0.4) is 0 Å². The molecule has 1 amide bonds. The zero-order valence-electron chi connectivity index (χ0n) is 14.5. The summed E-state index contributed by atoms with van der Waals surface area (Å²) in [4.78, 5) is 10.8. The zero-order valence-corrected chi connectivity index (χ0v) is 14.5. The van der Waals surface area contributed by atoms with E-state index in [-0.39, 0.29) is 79.5 Å². The average Bonchev–Trinajstić information content (AvgIpc) is 2.84. The number of amides is 1. The van der Waals surface area contributed by atoms with Crippen LogP contribution < -0.4 is 73.4 Å². The van der Waals surface area contributed by atoms with E-state index in [2.05, 4.69) is 0 Å². The van der Waals surface area contributed by atoms with E-state index in [1.807, 2.05) is 30.3 Å². The largest absolute Gasteiger partial charge is 0.369 e. The van der Waals surface area contributed by atoms with E-state index in [1.54, 1.807) is 0 Å². The molecule has 0 saturated heterocycles. The molecule has 13 nitrogen and oxygen atoms in total. The molecule has 35 N–H and O–H groups in total. The maximum Gasteiger partial charge on any atom is 0.221 e. The van der Waals surface area contributed by atoms with Crippen LogP contribution in [0.2, 0.25) is 0 Å². The summed E-state index contributed by atoms with van der Waals surface area (Å²) in [5, 5.41) is 0. The van der Waals surface area contributed by atoms with Crippen molar-refractivity contribution >= 4 is 5.91 Å². The highest BCUT2D eigenvalue weighted by atomic mass is 16.1. The smallest absolute Gasteiger partial charge is 0.221 e. The first-order valence-electron chi connectivity index (χ1n) is 4.13. The van der Waals surface area contributed by atoms with Gasteiger partial charge in [0, 0.05) is 5.92 Å². The quantitative estimate of drug-likeness (QED) is 0.366. The van der Waals surface area contributed by atoms with Gasteiger partial charge in [-0.3, -0.25) is 4.79 Å². The van der Waals surface area contributed by atoms with Crippen LogP contribution >= 0.6 is 0 Å². The Morgan fingerprint density at radius 1 is 0.739 bits per heavy atom. The lowest BCUT2D eigenvalue weighted by molar-refractivity contribution is -0.119. The Morgan fingerprint density at radius 3 is 1.35 bits per heavy atom. The molecule has 2 rings (SSSR count). The number of hydrogen-bond donors (Lipinski definition) is 12. The van der Waals surface area contributed by atoms with Crippen molar-refractivity contribution in [2.24, 2.45) is 11.7 Å². The molecule has 1 aliphatic carbocycles. The number of carbonyl (C=O) groups excluding carboxylic acids is 1. The van der Waals surface area contributed by atoms with Crippen molar-refractivity contribution in [2.75, 3.05) is 0 Å². The van der Waals surface area contributed by atoms with E-state index in [1.165, 1.54) is 5.56 Å². The predicted octanol–water partition coefficient (Wildman–Crippen LogP) is 3.06. The van der Waals surface area contributed by atoms with Gasteiger partial charge in [0.15, 0.2) is 0 Å². The highest BCUT2D eigenvalue weighted by Crippen LogP contribution is 2.46. The Morgan fingerprint density at radius 2 is 1.09 bits per heavy atom. The van der Waals surface area contributed by atoms with Crippen molar-refractivity contribution in [3.8, 4) is 0 Å². The first-order valence-corrected chi connectivity index (χ1v) is 4.13. The third-order valence-corrected chi connectivity index (χ3v) is 2.38. The molecule has 1 fully saturated rings. The van der Waals surface area contributed by atoms with E-state index in [9.17, 15) is 4.79 Å². The van der Waals surface area contributed by atoms with Gasteiger partial charge in [-0.1, -0.05) is 30.3 Å². The minimum absolute atomic E-state index is 0. The van der Waals surface area contributed by atoms with E-state index in [4.69, 9.17) is 5.73 Å². The van der Waals surface area contributed by atoms with Gasteiger partial charge < -0.3 is 73.4 Å². The van der Waals surface area contributed by atoms with E-state index in [0.717, 1.165) is 6.42 Å². The van der Waals surface area contributed by atoms with Gasteiger partial charge in [-0.2, -0.15) is 0 Å². The Bertz CT molecular complexity index is 312. The molecule has 1 aromatic carbocycles. The van der Waals surface area contributed by atoms with Gasteiger partial charge in [0.25, 0.3) is 0 Å². The third-order valence-electron chi connectivity index (χ3n) is 2.38. The van der Waals surface area contributed by atoms with Crippen LogP contribution in [0.5, 0.6) is 0 Å². The summed E-state index contributed by atoms with van der Waals surface area (Å²) in [6.45, 7) is 0. The summed E-state index contributed by atoms with van der Waals surface area (Å²) in [7, 11) is 0. The minimum Gasteiger partial charge on any atom is -0.369 e. The fourth-order valence-corrected chi connectivity index (χ4v) is 1.58. The summed E-state index contributed by atoms with van der Waals surface area (Å²) in [6, 6.07) is 10.1. The highest BCUT2D eigenvalue weighted by molar-refractivity contribution is 5.81. The molecule has 0 bridgehead atoms. The van der Waals surface area contributed by atoms with Crippen molar-refractivity contribution in [3.63, 3.8) is 0 Å². The summed E-state index contributed by atoms with van der Waals surface area (Å²) in [5.41, 5.74) is 6.42. The van der Waals surface area contributed by atoms with Crippen molar-refractivity contribution < 1.29 is 4.79 Å². The highest BCUT2D eigenvalue weighted by Gasteiger charge is 2.42. The first kappa shape index (κ1) is 68.8. The molecule has 150 valence electrons. The Kier molecular flexibility index (Phi) is 85.1. The Hall–Kier alpha value is -1.75. The second-order valence-electron chi connectivity index (χ2n) is 3.26. The van der Waals surface area contributed by atoms with Gasteiger partial charge in [0.05, 0.1) is 0 Å². The van der Waals surface area contributed by atoms with Crippen LogP contribution in [-0.4, -0.2) is 5.91 Å². The predicted molar refractivity (Wildman–Crippen MR) is 102 cm³/mol. The van der Waals surface area contributed by atoms with Crippen LogP contribution in [0.15, 0.2) is 30.3 Å². The SMILES string of the molecule is N.N.N.N.N.N.N.N.N.N.N.NC(=O)[C@@H]1C[C@H]1c1ccccc1. The molecule has 1 saturated carbocycles. The van der Waals surface area contributed by atoms with Crippen LogP contribution in [0, 0.1) is 5.92 Å². The molecular weight excluding hydrogens is 304 g/mol. The molecule has 13 heteroatoms. The number of primary amides is 1. The fraction of sp³-hybridized carbons (Fsp3) is 0.300. The van der Waals surface area contributed by atoms with E-state index >= 15 is 0 Å².